The number of likely N-dealkylation sites (tertiary alicyclic amines) is 1. The third-order valence-corrected chi connectivity index (χ3v) is 4.93. The van der Waals surface area contributed by atoms with Gasteiger partial charge < -0.3 is 19.5 Å². The number of ether oxygens (including phenoxy) is 1. The third kappa shape index (κ3) is 5.40. The number of carbonyl (C=O) groups is 1. The molecule has 1 amide bonds. The van der Waals surface area contributed by atoms with E-state index in [9.17, 15) is 27.6 Å². The second-order valence-corrected chi connectivity index (χ2v) is 8.56. The Labute approximate surface area is 177 Å². The van der Waals surface area contributed by atoms with Crippen LogP contribution < -0.4 is 5.32 Å². The van der Waals surface area contributed by atoms with E-state index < -0.39 is 36.6 Å². The number of nitrogens with one attached hydrogen (secondary N) is 1. The van der Waals surface area contributed by atoms with Crippen molar-refractivity contribution in [3.05, 3.63) is 30.0 Å². The predicted molar refractivity (Wildman–Crippen MR) is 107 cm³/mol. The Morgan fingerprint density at radius 2 is 2.03 bits per heavy atom. The van der Waals surface area contributed by atoms with E-state index in [4.69, 9.17) is 4.74 Å². The van der Waals surface area contributed by atoms with Crippen molar-refractivity contribution in [1.29, 1.82) is 5.26 Å². The Balaban J connectivity index is 1.79. The monoisotopic (exact) mass is 440 g/mol. The number of halogens is 4. The zero-order valence-electron chi connectivity index (χ0n) is 17.5. The molecule has 0 aliphatic carbocycles. The number of nitrogens with zero attached hydrogens (tertiary/aromatic N) is 3. The number of benzene rings is 1. The smallest absolute Gasteiger partial charge is 0.410 e. The SMILES string of the molecule is CC(C)(C)OC(=O)N1CC[C@@H](Nc2cccc3c2cc(C#N)n3CC(F)(F)F)[C@@H](F)C1. The van der Waals surface area contributed by atoms with Crippen LogP contribution in [0.25, 0.3) is 10.9 Å². The molecular weight excluding hydrogens is 416 g/mol. The van der Waals surface area contributed by atoms with Crippen LogP contribution in [0.5, 0.6) is 0 Å². The first-order chi connectivity index (χ1) is 14.4. The van der Waals surface area contributed by atoms with E-state index in [0.29, 0.717) is 17.5 Å². The molecule has 1 saturated heterocycles. The molecule has 2 atom stereocenters. The normalized spacial score (nSPS) is 19.9. The number of anilines is 1. The molecule has 1 aliphatic heterocycles. The van der Waals surface area contributed by atoms with Gasteiger partial charge in [-0.15, -0.1) is 0 Å². The maximum atomic E-state index is 14.8. The molecule has 0 spiro atoms. The molecule has 2 aromatic rings. The molecule has 0 unspecified atom stereocenters. The molecule has 0 radical (unpaired) electrons. The zero-order valence-corrected chi connectivity index (χ0v) is 17.5. The summed E-state index contributed by atoms with van der Waals surface area (Å²) in [5.74, 6) is 0. The van der Waals surface area contributed by atoms with E-state index in [2.05, 4.69) is 5.32 Å². The van der Waals surface area contributed by atoms with Crippen LogP contribution in [-0.2, 0) is 11.3 Å². The van der Waals surface area contributed by atoms with E-state index in [1.165, 1.54) is 17.0 Å². The highest BCUT2D eigenvalue weighted by atomic mass is 19.4. The summed E-state index contributed by atoms with van der Waals surface area (Å²) in [6.45, 7) is 4.03. The first kappa shape index (κ1) is 22.7. The van der Waals surface area contributed by atoms with Crippen LogP contribution in [0.15, 0.2) is 24.3 Å². The van der Waals surface area contributed by atoms with Gasteiger partial charge in [0.05, 0.1) is 18.1 Å². The lowest BCUT2D eigenvalue weighted by atomic mass is 10.0. The van der Waals surface area contributed by atoms with Crippen LogP contribution in [0.1, 0.15) is 32.9 Å². The number of amides is 1. The highest BCUT2D eigenvalue weighted by Gasteiger charge is 2.34. The van der Waals surface area contributed by atoms with Gasteiger partial charge in [0.25, 0.3) is 0 Å². The number of aromatic nitrogens is 1. The van der Waals surface area contributed by atoms with Gasteiger partial charge in [0.15, 0.2) is 0 Å². The molecule has 1 N–H and O–H groups in total. The number of carbonyl (C=O) groups excluding carboxylic acids is 1. The largest absolute Gasteiger partial charge is 0.444 e. The molecule has 31 heavy (non-hydrogen) atoms. The average molecular weight is 440 g/mol. The standard InChI is InChI=1S/C21H24F4N4O2/c1-20(2,3)31-19(30)28-8-7-17(15(22)11-28)27-16-5-4-6-18-14(16)9-13(10-26)29(18)12-21(23,24)25/h4-6,9,15,17,27H,7-8,11-12H2,1-3H3/t15-,17+/m0/s1. The minimum atomic E-state index is -4.49. The Kier molecular flexibility index (Phi) is 6.07. The number of hydrogen-bond acceptors (Lipinski definition) is 4. The molecule has 3 rings (SSSR count). The number of fused-ring (bicyclic) bond motifs is 1. The number of nitriles is 1. The van der Waals surface area contributed by atoms with Crippen LogP contribution in [0.3, 0.4) is 0 Å². The van der Waals surface area contributed by atoms with Gasteiger partial charge in [-0.05, 0) is 45.4 Å². The second-order valence-electron chi connectivity index (χ2n) is 8.56. The molecule has 1 aromatic carbocycles. The number of rotatable bonds is 3. The molecule has 0 bridgehead atoms. The van der Waals surface area contributed by atoms with Crippen LogP contribution in [0, 0.1) is 11.3 Å². The quantitative estimate of drug-likeness (QED) is 0.694. The van der Waals surface area contributed by atoms with Gasteiger partial charge in [-0.3, -0.25) is 0 Å². The Bertz CT molecular complexity index is 1000. The molecule has 168 valence electrons. The summed E-state index contributed by atoms with van der Waals surface area (Å²) in [4.78, 5) is 13.5. The van der Waals surface area contributed by atoms with Gasteiger partial charge in [-0.2, -0.15) is 18.4 Å². The fourth-order valence-corrected chi connectivity index (χ4v) is 3.61. The maximum Gasteiger partial charge on any atom is 0.410 e. The average Bonchev–Trinajstić information content (AvgIpc) is 2.99. The molecule has 10 heteroatoms. The van der Waals surface area contributed by atoms with Gasteiger partial charge in [-0.1, -0.05) is 6.07 Å². The highest BCUT2D eigenvalue weighted by molar-refractivity contribution is 5.94. The van der Waals surface area contributed by atoms with Crippen LogP contribution in [0.2, 0.25) is 0 Å². The highest BCUT2D eigenvalue weighted by Crippen LogP contribution is 2.31. The van der Waals surface area contributed by atoms with E-state index in [-0.39, 0.29) is 24.3 Å². The van der Waals surface area contributed by atoms with Crippen molar-refractivity contribution in [1.82, 2.24) is 9.47 Å². The Morgan fingerprint density at radius 3 is 2.61 bits per heavy atom. The minimum Gasteiger partial charge on any atom is -0.444 e. The summed E-state index contributed by atoms with van der Waals surface area (Å²) in [5.41, 5.74) is -0.137. The molecule has 1 fully saturated rings. The van der Waals surface area contributed by atoms with Crippen LogP contribution in [-0.4, -0.2) is 52.6 Å². The molecule has 1 aromatic heterocycles. The fourth-order valence-electron chi connectivity index (χ4n) is 3.61. The summed E-state index contributed by atoms with van der Waals surface area (Å²) in [5, 5.41) is 12.7. The summed E-state index contributed by atoms with van der Waals surface area (Å²) < 4.78 is 59.9. The number of alkyl halides is 4. The van der Waals surface area contributed by atoms with Crippen molar-refractivity contribution in [3.8, 4) is 6.07 Å². The summed E-state index contributed by atoms with van der Waals surface area (Å²) >= 11 is 0. The second kappa shape index (κ2) is 8.29. The lowest BCUT2D eigenvalue weighted by Gasteiger charge is -2.36. The van der Waals surface area contributed by atoms with E-state index in [1.54, 1.807) is 39.0 Å². The Hall–Kier alpha value is -2.96. The van der Waals surface area contributed by atoms with Gasteiger partial charge in [-0.25, -0.2) is 9.18 Å². The van der Waals surface area contributed by atoms with Gasteiger partial charge in [0.1, 0.15) is 30.1 Å². The van der Waals surface area contributed by atoms with Crippen molar-refractivity contribution in [2.75, 3.05) is 18.4 Å². The lowest BCUT2D eigenvalue weighted by Crippen LogP contribution is -2.51. The maximum absolute atomic E-state index is 14.8. The van der Waals surface area contributed by atoms with Gasteiger partial charge >= 0.3 is 12.3 Å². The Morgan fingerprint density at radius 1 is 1.32 bits per heavy atom. The van der Waals surface area contributed by atoms with E-state index >= 15 is 0 Å². The lowest BCUT2D eigenvalue weighted by molar-refractivity contribution is -0.140. The third-order valence-electron chi connectivity index (χ3n) is 4.93. The predicted octanol–water partition coefficient (Wildman–Crippen LogP) is 4.83. The van der Waals surface area contributed by atoms with Crippen molar-refractivity contribution in [3.63, 3.8) is 0 Å². The van der Waals surface area contributed by atoms with Crippen molar-refractivity contribution in [2.45, 2.75) is 57.7 Å². The first-order valence-electron chi connectivity index (χ1n) is 9.85. The zero-order chi connectivity index (χ0) is 23.0. The minimum absolute atomic E-state index is 0.127. The van der Waals surface area contributed by atoms with Crippen molar-refractivity contribution >= 4 is 22.7 Å². The first-order valence-corrected chi connectivity index (χ1v) is 9.85. The van der Waals surface area contributed by atoms with E-state index in [0.717, 1.165) is 4.57 Å². The number of hydrogen-bond donors (Lipinski definition) is 1. The van der Waals surface area contributed by atoms with Gasteiger partial charge in [0.2, 0.25) is 0 Å². The van der Waals surface area contributed by atoms with Crippen LogP contribution >= 0.6 is 0 Å². The topological polar surface area (TPSA) is 70.3 Å². The molecule has 2 heterocycles. The molecule has 0 saturated carbocycles. The van der Waals surface area contributed by atoms with E-state index in [1.807, 2.05) is 0 Å². The fraction of sp³-hybridized carbons (Fsp3) is 0.524. The summed E-state index contributed by atoms with van der Waals surface area (Å²) in [6.07, 6.45) is -6.17. The molecule has 1 aliphatic rings. The van der Waals surface area contributed by atoms with Crippen LogP contribution in [0.4, 0.5) is 28.0 Å². The van der Waals surface area contributed by atoms with Crippen molar-refractivity contribution < 1.29 is 27.1 Å². The van der Waals surface area contributed by atoms with Crippen molar-refractivity contribution in [2.24, 2.45) is 0 Å². The number of piperidine rings is 1. The molecular formula is C21H24F4N4O2. The van der Waals surface area contributed by atoms with Gasteiger partial charge in [0, 0.05) is 17.6 Å². The summed E-state index contributed by atoms with van der Waals surface area (Å²) in [7, 11) is 0. The summed E-state index contributed by atoms with van der Waals surface area (Å²) in [6, 6.07) is 7.20. The molecule has 6 nitrogen and oxygen atoms in total.